The minimum atomic E-state index is -0.185. The molecule has 0 aromatic heterocycles. The summed E-state index contributed by atoms with van der Waals surface area (Å²) in [5.41, 5.74) is 1.16. The Morgan fingerprint density at radius 3 is 2.71 bits per heavy atom. The highest BCUT2D eigenvalue weighted by molar-refractivity contribution is 8.14. The van der Waals surface area contributed by atoms with Crippen LogP contribution >= 0.6 is 11.8 Å². The van der Waals surface area contributed by atoms with Crippen molar-refractivity contribution in [2.45, 2.75) is 19.9 Å². The maximum Gasteiger partial charge on any atom is 0.266 e. The number of rotatable bonds is 6. The Kier molecular flexibility index (Phi) is 6.56. The van der Waals surface area contributed by atoms with Crippen LogP contribution < -0.4 is 9.47 Å². The van der Waals surface area contributed by atoms with Gasteiger partial charge in [0.25, 0.3) is 5.91 Å². The number of amides is 1. The monoisotopic (exact) mass is 395 g/mol. The van der Waals surface area contributed by atoms with Crippen molar-refractivity contribution in [1.29, 1.82) is 5.26 Å². The number of thioether (sulfide) groups is 1. The molecule has 0 saturated carbocycles. The molecular weight excluding hydrogens is 374 g/mol. The van der Waals surface area contributed by atoms with Crippen LogP contribution in [-0.4, -0.2) is 41.0 Å². The first-order valence-electron chi connectivity index (χ1n) is 9.00. The van der Waals surface area contributed by atoms with E-state index >= 15 is 0 Å². The van der Waals surface area contributed by atoms with Gasteiger partial charge in [-0.3, -0.25) is 9.69 Å². The van der Waals surface area contributed by atoms with Crippen LogP contribution in [0.2, 0.25) is 0 Å². The maximum absolute atomic E-state index is 12.8. The molecule has 6 nitrogen and oxygen atoms in total. The zero-order valence-electron chi connectivity index (χ0n) is 15.8. The van der Waals surface area contributed by atoms with Gasteiger partial charge in [0.1, 0.15) is 17.6 Å². The summed E-state index contributed by atoms with van der Waals surface area (Å²) in [6.07, 6.45) is 0. The lowest BCUT2D eigenvalue weighted by molar-refractivity contribution is -0.130. The molecule has 2 aromatic carbocycles. The molecule has 1 aliphatic rings. The summed E-state index contributed by atoms with van der Waals surface area (Å²) in [5, 5.41) is 9.79. The number of nitrogens with zero attached hydrogens (tertiary/aromatic N) is 3. The molecular formula is C21H21N3O3S. The number of carbonyl (C=O) groups excluding carboxylic acids is 1. The summed E-state index contributed by atoms with van der Waals surface area (Å²) in [5.74, 6) is 1.78. The lowest BCUT2D eigenvalue weighted by atomic mass is 10.2. The average Bonchev–Trinajstić information content (AvgIpc) is 3.08. The molecule has 1 aliphatic heterocycles. The molecule has 0 unspecified atom stereocenters. The first-order valence-corrected chi connectivity index (χ1v) is 9.99. The van der Waals surface area contributed by atoms with Crippen LogP contribution in [0.5, 0.6) is 11.5 Å². The zero-order valence-corrected chi connectivity index (χ0v) is 16.6. The summed E-state index contributed by atoms with van der Waals surface area (Å²) in [6, 6.07) is 16.4. The molecule has 1 atom stereocenters. The van der Waals surface area contributed by atoms with E-state index in [1.54, 1.807) is 40.9 Å². The Hall–Kier alpha value is -2.98. The summed E-state index contributed by atoms with van der Waals surface area (Å²) >= 11 is 1.54. The van der Waals surface area contributed by atoms with E-state index in [1.165, 1.54) is 0 Å². The molecule has 1 heterocycles. The molecule has 0 spiro atoms. The quantitative estimate of drug-likeness (QED) is 0.739. The fourth-order valence-electron chi connectivity index (χ4n) is 2.75. The van der Waals surface area contributed by atoms with E-state index in [0.717, 1.165) is 17.2 Å². The fraction of sp³-hybridized carbons (Fsp3) is 0.286. The van der Waals surface area contributed by atoms with Crippen LogP contribution in [0.15, 0.2) is 53.5 Å². The van der Waals surface area contributed by atoms with Gasteiger partial charge in [0.2, 0.25) is 0 Å². The fourth-order valence-corrected chi connectivity index (χ4v) is 3.88. The number of hydrogen-bond donors (Lipinski definition) is 0. The van der Waals surface area contributed by atoms with Gasteiger partial charge >= 0.3 is 0 Å². The predicted octanol–water partition coefficient (Wildman–Crippen LogP) is 3.99. The van der Waals surface area contributed by atoms with Crippen LogP contribution in [0, 0.1) is 11.3 Å². The van der Waals surface area contributed by atoms with Gasteiger partial charge in [-0.1, -0.05) is 23.9 Å². The van der Waals surface area contributed by atoms with Gasteiger partial charge in [-0.25, -0.2) is 4.99 Å². The van der Waals surface area contributed by atoms with E-state index in [-0.39, 0.29) is 18.6 Å². The molecule has 3 rings (SSSR count). The highest BCUT2D eigenvalue weighted by Crippen LogP contribution is 2.28. The summed E-state index contributed by atoms with van der Waals surface area (Å²) < 4.78 is 11.0. The van der Waals surface area contributed by atoms with Crippen molar-refractivity contribution < 1.29 is 14.3 Å². The van der Waals surface area contributed by atoms with Crippen molar-refractivity contribution in [1.82, 2.24) is 4.90 Å². The maximum atomic E-state index is 12.8. The van der Waals surface area contributed by atoms with Crippen molar-refractivity contribution in [3.63, 3.8) is 0 Å². The molecule has 0 aliphatic carbocycles. The van der Waals surface area contributed by atoms with Gasteiger partial charge in [-0.05, 0) is 50.2 Å². The van der Waals surface area contributed by atoms with Crippen LogP contribution in [-0.2, 0) is 4.79 Å². The Labute approximate surface area is 168 Å². The Balaban J connectivity index is 1.71. The summed E-state index contributed by atoms with van der Waals surface area (Å²) in [6.45, 7) is 4.38. The van der Waals surface area contributed by atoms with Gasteiger partial charge in [0.15, 0.2) is 11.8 Å². The van der Waals surface area contributed by atoms with Crippen molar-refractivity contribution in [2.75, 3.05) is 19.0 Å². The first-order chi connectivity index (χ1) is 13.6. The largest absolute Gasteiger partial charge is 0.494 e. The zero-order chi connectivity index (χ0) is 19.9. The van der Waals surface area contributed by atoms with Gasteiger partial charge in [-0.15, -0.1) is 0 Å². The van der Waals surface area contributed by atoms with Gasteiger partial charge in [0, 0.05) is 11.8 Å². The minimum Gasteiger partial charge on any atom is -0.494 e. The molecule has 0 N–H and O–H groups in total. The lowest BCUT2D eigenvalue weighted by Gasteiger charge is -2.21. The van der Waals surface area contributed by atoms with Crippen molar-refractivity contribution in [3.05, 3.63) is 54.1 Å². The second-order valence-electron chi connectivity index (χ2n) is 6.14. The van der Waals surface area contributed by atoms with E-state index in [2.05, 4.69) is 11.1 Å². The number of ether oxygens (including phenoxy) is 2. The van der Waals surface area contributed by atoms with E-state index in [4.69, 9.17) is 14.7 Å². The standard InChI is InChI=1S/C21H21N3O3S/c1-3-26-18-10-8-17(9-11-18)23-21-24(15(2)14-28-21)20(25)13-27-19-7-5-4-6-16(19)12-22/h4-11,15H,3,13-14H2,1-2H3/t15-/m0/s1. The van der Waals surface area contributed by atoms with Gasteiger partial charge < -0.3 is 9.47 Å². The second-order valence-corrected chi connectivity index (χ2v) is 7.13. The molecule has 1 saturated heterocycles. The van der Waals surface area contributed by atoms with Gasteiger partial charge in [-0.2, -0.15) is 5.26 Å². The molecule has 144 valence electrons. The average molecular weight is 395 g/mol. The number of benzene rings is 2. The predicted molar refractivity (Wildman–Crippen MR) is 110 cm³/mol. The number of amidine groups is 1. The van der Waals surface area contributed by atoms with Crippen molar-refractivity contribution in [2.24, 2.45) is 4.99 Å². The summed E-state index contributed by atoms with van der Waals surface area (Å²) in [4.78, 5) is 19.1. The number of hydrogen-bond acceptors (Lipinski definition) is 6. The first kappa shape index (κ1) is 19.8. The minimum absolute atomic E-state index is 0.0220. The molecule has 0 bridgehead atoms. The molecule has 0 radical (unpaired) electrons. The normalized spacial score (nSPS) is 17.4. The molecule has 7 heteroatoms. The Morgan fingerprint density at radius 2 is 2.00 bits per heavy atom. The van der Waals surface area contributed by atoms with Crippen molar-refractivity contribution >= 4 is 28.5 Å². The number of aliphatic imine (C=N–C) groups is 1. The smallest absolute Gasteiger partial charge is 0.266 e. The molecule has 2 aromatic rings. The number of nitriles is 1. The molecule has 28 heavy (non-hydrogen) atoms. The van der Waals surface area contributed by atoms with Crippen LogP contribution in [0.1, 0.15) is 19.4 Å². The highest BCUT2D eigenvalue weighted by atomic mass is 32.2. The van der Waals surface area contributed by atoms with E-state index in [1.807, 2.05) is 38.1 Å². The van der Waals surface area contributed by atoms with Crippen LogP contribution in [0.4, 0.5) is 5.69 Å². The van der Waals surface area contributed by atoms with Crippen molar-refractivity contribution in [3.8, 4) is 17.6 Å². The van der Waals surface area contributed by atoms with E-state index in [9.17, 15) is 4.79 Å². The van der Waals surface area contributed by atoms with E-state index in [0.29, 0.717) is 23.1 Å². The third-order valence-electron chi connectivity index (χ3n) is 4.10. The van der Waals surface area contributed by atoms with Crippen LogP contribution in [0.3, 0.4) is 0 Å². The third-order valence-corrected chi connectivity index (χ3v) is 5.30. The number of carbonyl (C=O) groups is 1. The van der Waals surface area contributed by atoms with Gasteiger partial charge in [0.05, 0.1) is 17.9 Å². The number of para-hydroxylation sites is 1. The molecule has 1 amide bonds. The highest BCUT2D eigenvalue weighted by Gasteiger charge is 2.32. The Bertz CT molecular complexity index is 906. The lowest BCUT2D eigenvalue weighted by Crippen LogP contribution is -2.40. The van der Waals surface area contributed by atoms with Crippen LogP contribution in [0.25, 0.3) is 0 Å². The Morgan fingerprint density at radius 1 is 1.25 bits per heavy atom. The third kappa shape index (κ3) is 4.65. The second kappa shape index (κ2) is 9.29. The molecule has 1 fully saturated rings. The SMILES string of the molecule is CCOc1ccc(N=C2SC[C@H](C)N2C(=O)COc2ccccc2C#N)cc1. The summed E-state index contributed by atoms with van der Waals surface area (Å²) in [7, 11) is 0. The topological polar surface area (TPSA) is 74.9 Å². The van der Waals surface area contributed by atoms with E-state index < -0.39 is 0 Å².